The summed E-state index contributed by atoms with van der Waals surface area (Å²) in [6.45, 7) is 1.55. The smallest absolute Gasteiger partial charge is 0.334 e. The zero-order valence-corrected chi connectivity index (χ0v) is 15.7. The van der Waals surface area contributed by atoms with Gasteiger partial charge in [0.1, 0.15) is 12.4 Å². The maximum atomic E-state index is 12.4. The number of para-hydroxylation sites is 1. The number of amides is 1. The second-order valence-corrected chi connectivity index (χ2v) is 6.70. The van der Waals surface area contributed by atoms with E-state index in [2.05, 4.69) is 21.2 Å². The first-order chi connectivity index (χ1) is 11.9. The fourth-order valence-electron chi connectivity index (χ4n) is 2.30. The molecule has 0 aliphatic carbocycles. The predicted octanol–water partition coefficient (Wildman–Crippen LogP) is 3.12. The average molecular weight is 406 g/mol. The summed E-state index contributed by atoms with van der Waals surface area (Å²) >= 11 is 3.37. The lowest BCUT2D eigenvalue weighted by atomic mass is 10.0. The molecule has 2 aromatic rings. The lowest BCUT2D eigenvalue weighted by molar-refractivity contribution is -0.151. The molecule has 1 N–H and O–H groups in total. The van der Waals surface area contributed by atoms with E-state index in [1.54, 1.807) is 19.1 Å². The van der Waals surface area contributed by atoms with Crippen molar-refractivity contribution in [1.82, 2.24) is 5.32 Å². The Morgan fingerprint density at radius 2 is 1.84 bits per heavy atom. The summed E-state index contributed by atoms with van der Waals surface area (Å²) in [5.41, 5.74) is -0.448. The van der Waals surface area contributed by atoms with E-state index in [-0.39, 0.29) is 18.9 Å². The number of hydrogen-bond acceptors (Lipinski definition) is 4. The number of halogens is 1. The van der Waals surface area contributed by atoms with Crippen molar-refractivity contribution in [2.24, 2.45) is 0 Å². The molecule has 132 valence electrons. The molecule has 6 heteroatoms. The second-order valence-electron chi connectivity index (χ2n) is 5.78. The molecular weight excluding hydrogens is 386 g/mol. The van der Waals surface area contributed by atoms with Crippen molar-refractivity contribution in [2.75, 3.05) is 13.7 Å². The van der Waals surface area contributed by atoms with Gasteiger partial charge in [0.25, 0.3) is 0 Å². The molecule has 1 amide bonds. The van der Waals surface area contributed by atoms with Crippen LogP contribution in [0.3, 0.4) is 0 Å². The summed E-state index contributed by atoms with van der Waals surface area (Å²) in [5, 5.41) is 2.73. The molecule has 0 aliphatic heterocycles. The Morgan fingerprint density at radius 3 is 2.48 bits per heavy atom. The quantitative estimate of drug-likeness (QED) is 0.718. The van der Waals surface area contributed by atoms with E-state index < -0.39 is 11.5 Å². The maximum Gasteiger partial charge on any atom is 0.334 e. The number of ether oxygens (including phenoxy) is 2. The number of methoxy groups -OCH3 is 1. The predicted molar refractivity (Wildman–Crippen MR) is 98.3 cm³/mol. The van der Waals surface area contributed by atoms with Gasteiger partial charge in [-0.15, -0.1) is 0 Å². The Labute approximate surface area is 155 Å². The van der Waals surface area contributed by atoms with E-state index in [1.165, 1.54) is 7.11 Å². The van der Waals surface area contributed by atoms with Gasteiger partial charge in [-0.3, -0.25) is 4.79 Å². The maximum absolute atomic E-state index is 12.4. The molecule has 0 aliphatic rings. The highest BCUT2D eigenvalue weighted by Gasteiger charge is 2.37. The third kappa shape index (κ3) is 5.60. The van der Waals surface area contributed by atoms with Crippen molar-refractivity contribution in [3.63, 3.8) is 0 Å². The minimum absolute atomic E-state index is 0.0338. The monoisotopic (exact) mass is 405 g/mol. The highest BCUT2D eigenvalue weighted by Crippen LogP contribution is 2.15. The van der Waals surface area contributed by atoms with Gasteiger partial charge in [0, 0.05) is 4.47 Å². The van der Waals surface area contributed by atoms with Crippen LogP contribution in [0.1, 0.15) is 12.5 Å². The Balaban J connectivity index is 2.05. The largest absolute Gasteiger partial charge is 0.491 e. The fraction of sp³-hybridized carbons (Fsp3) is 0.263. The number of nitrogens with one attached hydrogen (secondary N) is 1. The molecule has 0 spiro atoms. The molecule has 0 radical (unpaired) electrons. The summed E-state index contributed by atoms with van der Waals surface area (Å²) in [4.78, 5) is 24.6. The first kappa shape index (κ1) is 19.0. The molecule has 0 saturated carbocycles. The molecular formula is C19H20BrNO4. The zero-order valence-electron chi connectivity index (χ0n) is 14.1. The molecule has 0 aromatic heterocycles. The summed E-state index contributed by atoms with van der Waals surface area (Å²) in [6.07, 6.45) is 0.150. The van der Waals surface area contributed by atoms with Gasteiger partial charge >= 0.3 is 5.97 Å². The van der Waals surface area contributed by atoms with Gasteiger partial charge < -0.3 is 14.8 Å². The van der Waals surface area contributed by atoms with Crippen LogP contribution in [0.4, 0.5) is 0 Å². The van der Waals surface area contributed by atoms with E-state index >= 15 is 0 Å². The summed E-state index contributed by atoms with van der Waals surface area (Å²) in [5.74, 6) is -0.243. The summed E-state index contributed by atoms with van der Waals surface area (Å²) in [6, 6.07) is 16.5. The van der Waals surface area contributed by atoms with Gasteiger partial charge in [-0.2, -0.15) is 0 Å². The van der Waals surface area contributed by atoms with Crippen LogP contribution in [0.15, 0.2) is 59.1 Å². The minimum Gasteiger partial charge on any atom is -0.491 e. The first-order valence-electron chi connectivity index (χ1n) is 7.75. The molecule has 2 rings (SSSR count). The van der Waals surface area contributed by atoms with Crippen molar-refractivity contribution in [1.29, 1.82) is 0 Å². The SMILES string of the molecule is COC(=O)C(C)(COc1ccccc1)NC(=O)Cc1cccc(Br)c1. The van der Waals surface area contributed by atoms with Gasteiger partial charge in [0.2, 0.25) is 5.91 Å². The van der Waals surface area contributed by atoms with Crippen LogP contribution in [0.2, 0.25) is 0 Å². The number of hydrogen-bond donors (Lipinski definition) is 1. The fourth-order valence-corrected chi connectivity index (χ4v) is 2.75. The van der Waals surface area contributed by atoms with E-state index in [9.17, 15) is 9.59 Å². The summed E-state index contributed by atoms with van der Waals surface area (Å²) in [7, 11) is 1.28. The van der Waals surface area contributed by atoms with Crippen LogP contribution < -0.4 is 10.1 Å². The van der Waals surface area contributed by atoms with E-state index in [0.29, 0.717) is 5.75 Å². The second kappa shape index (κ2) is 8.67. The lowest BCUT2D eigenvalue weighted by Gasteiger charge is -2.28. The molecule has 0 bridgehead atoms. The Hall–Kier alpha value is -2.34. The number of esters is 1. The summed E-state index contributed by atoms with van der Waals surface area (Å²) < 4.78 is 11.4. The van der Waals surface area contributed by atoms with E-state index in [0.717, 1.165) is 10.0 Å². The Morgan fingerprint density at radius 1 is 1.12 bits per heavy atom. The van der Waals surface area contributed by atoms with Gasteiger partial charge in [0.15, 0.2) is 5.54 Å². The van der Waals surface area contributed by atoms with Crippen LogP contribution in [0, 0.1) is 0 Å². The standard InChI is InChI=1S/C19H20BrNO4/c1-19(18(23)24-2,13-25-16-9-4-3-5-10-16)21-17(22)12-14-7-6-8-15(20)11-14/h3-11H,12-13H2,1-2H3,(H,21,22). The van der Waals surface area contributed by atoms with Crippen LogP contribution in [-0.4, -0.2) is 31.1 Å². The normalized spacial score (nSPS) is 12.8. The first-order valence-corrected chi connectivity index (χ1v) is 8.54. The lowest BCUT2D eigenvalue weighted by Crippen LogP contribution is -2.57. The highest BCUT2D eigenvalue weighted by atomic mass is 79.9. The Kier molecular flexibility index (Phi) is 6.58. The van der Waals surface area contributed by atoms with Crippen molar-refractivity contribution in [3.05, 3.63) is 64.6 Å². The minimum atomic E-state index is -1.28. The third-order valence-electron chi connectivity index (χ3n) is 3.58. The average Bonchev–Trinajstić information content (AvgIpc) is 2.60. The van der Waals surface area contributed by atoms with Gasteiger partial charge in [-0.05, 0) is 36.8 Å². The van der Waals surface area contributed by atoms with Gasteiger partial charge in [-0.1, -0.05) is 46.3 Å². The van der Waals surface area contributed by atoms with E-state index in [1.807, 2.05) is 42.5 Å². The number of carbonyl (C=O) groups excluding carboxylic acids is 2. The third-order valence-corrected chi connectivity index (χ3v) is 4.07. The molecule has 1 unspecified atom stereocenters. The van der Waals surface area contributed by atoms with Gasteiger partial charge in [-0.25, -0.2) is 4.79 Å². The molecule has 5 nitrogen and oxygen atoms in total. The number of rotatable bonds is 7. The molecule has 25 heavy (non-hydrogen) atoms. The molecule has 2 aromatic carbocycles. The Bertz CT molecular complexity index is 735. The molecule has 0 fully saturated rings. The topological polar surface area (TPSA) is 64.6 Å². The van der Waals surface area contributed by atoms with Crippen LogP contribution in [0.25, 0.3) is 0 Å². The molecule has 1 atom stereocenters. The molecule has 0 saturated heterocycles. The molecule has 0 heterocycles. The van der Waals surface area contributed by atoms with Gasteiger partial charge in [0.05, 0.1) is 13.5 Å². The van der Waals surface area contributed by atoms with Crippen molar-refractivity contribution >= 4 is 27.8 Å². The number of benzene rings is 2. The van der Waals surface area contributed by atoms with Crippen LogP contribution >= 0.6 is 15.9 Å². The number of carbonyl (C=O) groups is 2. The van der Waals surface area contributed by atoms with Crippen molar-refractivity contribution in [3.8, 4) is 5.75 Å². The van der Waals surface area contributed by atoms with Crippen LogP contribution in [-0.2, 0) is 20.7 Å². The zero-order chi connectivity index (χ0) is 18.3. The van der Waals surface area contributed by atoms with E-state index in [4.69, 9.17) is 9.47 Å². The van der Waals surface area contributed by atoms with Crippen molar-refractivity contribution in [2.45, 2.75) is 18.9 Å². The highest BCUT2D eigenvalue weighted by molar-refractivity contribution is 9.10. The van der Waals surface area contributed by atoms with Crippen LogP contribution in [0.5, 0.6) is 5.75 Å². The van der Waals surface area contributed by atoms with Crippen molar-refractivity contribution < 1.29 is 19.1 Å².